The zero-order valence-corrected chi connectivity index (χ0v) is 12.6. The van der Waals surface area contributed by atoms with Crippen molar-refractivity contribution in [3.05, 3.63) is 58.6 Å². The van der Waals surface area contributed by atoms with Crippen LogP contribution < -0.4 is 14.8 Å². The van der Waals surface area contributed by atoms with Crippen molar-refractivity contribution in [1.82, 2.24) is 5.32 Å². The number of nitrogens with one attached hydrogen (secondary N) is 1. The Hall–Kier alpha value is -2.20. The molecule has 0 atom stereocenters. The van der Waals surface area contributed by atoms with Crippen LogP contribution in [-0.2, 0) is 6.54 Å². The van der Waals surface area contributed by atoms with Gasteiger partial charge < -0.3 is 14.8 Å². The molecule has 0 saturated carbocycles. The van der Waals surface area contributed by atoms with Gasteiger partial charge in [0, 0.05) is 6.54 Å². The summed E-state index contributed by atoms with van der Waals surface area (Å²) in [5.41, 5.74) is 1.37. The molecule has 0 heterocycles. The summed E-state index contributed by atoms with van der Waals surface area (Å²) in [6.45, 7) is 0.379. The molecule has 0 unspecified atom stereocenters. The zero-order chi connectivity index (χ0) is 15.2. The fourth-order valence-electron chi connectivity index (χ4n) is 1.91. The first-order chi connectivity index (χ1) is 10.2. The van der Waals surface area contributed by atoms with E-state index in [1.54, 1.807) is 44.6 Å². The van der Waals surface area contributed by atoms with Crippen molar-refractivity contribution in [2.75, 3.05) is 14.2 Å². The average Bonchev–Trinajstić information content (AvgIpc) is 2.52. The van der Waals surface area contributed by atoms with Gasteiger partial charge in [0.2, 0.25) is 0 Å². The van der Waals surface area contributed by atoms with Gasteiger partial charge in [-0.05, 0) is 29.8 Å². The highest BCUT2D eigenvalue weighted by atomic mass is 35.5. The van der Waals surface area contributed by atoms with E-state index in [0.717, 1.165) is 5.56 Å². The van der Waals surface area contributed by atoms with E-state index >= 15 is 0 Å². The minimum absolute atomic E-state index is 0.213. The van der Waals surface area contributed by atoms with Gasteiger partial charge in [-0.15, -0.1) is 0 Å². The Morgan fingerprint density at radius 2 is 1.81 bits per heavy atom. The lowest BCUT2D eigenvalue weighted by atomic mass is 10.1. The molecule has 2 aromatic rings. The van der Waals surface area contributed by atoms with Crippen molar-refractivity contribution in [2.24, 2.45) is 0 Å². The molecular formula is C16H16ClNO3. The third-order valence-electron chi connectivity index (χ3n) is 3.02. The van der Waals surface area contributed by atoms with Crippen molar-refractivity contribution >= 4 is 17.5 Å². The Kier molecular flexibility index (Phi) is 5.06. The maximum absolute atomic E-state index is 12.1. The van der Waals surface area contributed by atoms with E-state index in [4.69, 9.17) is 21.1 Å². The van der Waals surface area contributed by atoms with Gasteiger partial charge in [0.1, 0.15) is 0 Å². The summed E-state index contributed by atoms with van der Waals surface area (Å²) in [4.78, 5) is 12.1. The Bertz CT molecular complexity index is 643. The number of rotatable bonds is 5. The normalized spacial score (nSPS) is 10.0. The van der Waals surface area contributed by atoms with Crippen LogP contribution in [0.25, 0.3) is 0 Å². The molecule has 0 radical (unpaired) electrons. The van der Waals surface area contributed by atoms with E-state index in [1.807, 2.05) is 12.1 Å². The summed E-state index contributed by atoms with van der Waals surface area (Å²) in [5.74, 6) is 1.07. The van der Waals surface area contributed by atoms with E-state index < -0.39 is 0 Å². The fourth-order valence-corrected chi connectivity index (χ4v) is 2.14. The van der Waals surface area contributed by atoms with Gasteiger partial charge in [0.25, 0.3) is 5.91 Å². The van der Waals surface area contributed by atoms with Crippen molar-refractivity contribution in [1.29, 1.82) is 0 Å². The number of amides is 1. The van der Waals surface area contributed by atoms with Crippen molar-refractivity contribution < 1.29 is 14.3 Å². The van der Waals surface area contributed by atoms with Crippen LogP contribution in [0.1, 0.15) is 15.9 Å². The van der Waals surface area contributed by atoms with Crippen LogP contribution in [-0.4, -0.2) is 20.1 Å². The molecule has 0 bridgehead atoms. The molecule has 5 heteroatoms. The van der Waals surface area contributed by atoms with Gasteiger partial charge in [-0.2, -0.15) is 0 Å². The average molecular weight is 306 g/mol. The van der Waals surface area contributed by atoms with Gasteiger partial charge in [-0.1, -0.05) is 29.8 Å². The number of carbonyl (C=O) groups is 1. The number of hydrogen-bond acceptors (Lipinski definition) is 3. The number of benzene rings is 2. The molecule has 0 aliphatic rings. The largest absolute Gasteiger partial charge is 0.493 e. The maximum atomic E-state index is 12.1. The first-order valence-corrected chi connectivity index (χ1v) is 6.77. The second-order valence-corrected chi connectivity index (χ2v) is 4.76. The van der Waals surface area contributed by atoms with Crippen molar-refractivity contribution in [3.8, 4) is 11.5 Å². The lowest BCUT2D eigenvalue weighted by molar-refractivity contribution is 0.0951. The summed E-state index contributed by atoms with van der Waals surface area (Å²) in [6.07, 6.45) is 0. The molecule has 2 rings (SSSR count). The molecule has 0 aromatic heterocycles. The standard InChI is InChI=1S/C16H16ClNO3/c1-20-14-8-7-11(9-15(14)21-2)10-18-16(19)12-5-3-4-6-13(12)17/h3-9H,10H2,1-2H3,(H,18,19). The second-order valence-electron chi connectivity index (χ2n) is 4.35. The molecule has 1 N–H and O–H groups in total. The molecule has 4 nitrogen and oxygen atoms in total. The van der Waals surface area contributed by atoms with E-state index in [-0.39, 0.29) is 5.91 Å². The minimum atomic E-state index is -0.213. The monoisotopic (exact) mass is 305 g/mol. The van der Waals surface area contributed by atoms with Gasteiger partial charge >= 0.3 is 0 Å². The van der Waals surface area contributed by atoms with Crippen LogP contribution in [0.3, 0.4) is 0 Å². The quantitative estimate of drug-likeness (QED) is 0.922. The minimum Gasteiger partial charge on any atom is -0.493 e. The first-order valence-electron chi connectivity index (χ1n) is 6.39. The smallest absolute Gasteiger partial charge is 0.253 e. The van der Waals surface area contributed by atoms with Gasteiger partial charge in [-0.3, -0.25) is 4.79 Å². The fraction of sp³-hybridized carbons (Fsp3) is 0.188. The third kappa shape index (κ3) is 3.67. The lowest BCUT2D eigenvalue weighted by Gasteiger charge is -2.10. The van der Waals surface area contributed by atoms with E-state index in [2.05, 4.69) is 5.32 Å². The lowest BCUT2D eigenvalue weighted by Crippen LogP contribution is -2.23. The molecule has 110 valence electrons. The predicted molar refractivity (Wildman–Crippen MR) is 82.2 cm³/mol. The highest BCUT2D eigenvalue weighted by Gasteiger charge is 2.10. The zero-order valence-electron chi connectivity index (χ0n) is 11.9. The van der Waals surface area contributed by atoms with Crippen LogP contribution in [0.5, 0.6) is 11.5 Å². The van der Waals surface area contributed by atoms with Crippen LogP contribution in [0.15, 0.2) is 42.5 Å². The third-order valence-corrected chi connectivity index (χ3v) is 3.35. The van der Waals surface area contributed by atoms with Crippen LogP contribution >= 0.6 is 11.6 Å². The number of ether oxygens (including phenoxy) is 2. The van der Waals surface area contributed by atoms with Gasteiger partial charge in [-0.25, -0.2) is 0 Å². The summed E-state index contributed by atoms with van der Waals surface area (Å²) < 4.78 is 10.4. The number of methoxy groups -OCH3 is 2. The van der Waals surface area contributed by atoms with Crippen LogP contribution in [0.4, 0.5) is 0 Å². The molecule has 0 saturated heterocycles. The second kappa shape index (κ2) is 6.99. The Balaban J connectivity index is 2.06. The Morgan fingerprint density at radius 1 is 1.10 bits per heavy atom. The van der Waals surface area contributed by atoms with Crippen LogP contribution in [0.2, 0.25) is 5.02 Å². The summed E-state index contributed by atoms with van der Waals surface area (Å²) in [7, 11) is 3.15. The number of halogens is 1. The molecule has 0 fully saturated rings. The van der Waals surface area contributed by atoms with Crippen LogP contribution in [0, 0.1) is 0 Å². The van der Waals surface area contributed by atoms with E-state index in [1.165, 1.54) is 0 Å². The molecule has 21 heavy (non-hydrogen) atoms. The van der Waals surface area contributed by atoms with Gasteiger partial charge in [0.05, 0.1) is 24.8 Å². The predicted octanol–water partition coefficient (Wildman–Crippen LogP) is 3.29. The van der Waals surface area contributed by atoms with Crippen molar-refractivity contribution in [3.63, 3.8) is 0 Å². The van der Waals surface area contributed by atoms with Crippen molar-refractivity contribution in [2.45, 2.75) is 6.54 Å². The molecule has 0 aliphatic heterocycles. The van der Waals surface area contributed by atoms with E-state index in [9.17, 15) is 4.79 Å². The first kappa shape index (κ1) is 15.2. The Morgan fingerprint density at radius 3 is 2.48 bits per heavy atom. The SMILES string of the molecule is COc1ccc(CNC(=O)c2ccccc2Cl)cc1OC. The molecule has 0 spiro atoms. The maximum Gasteiger partial charge on any atom is 0.253 e. The summed E-state index contributed by atoms with van der Waals surface area (Å²) in [6, 6.07) is 12.4. The number of hydrogen-bond donors (Lipinski definition) is 1. The molecular weight excluding hydrogens is 290 g/mol. The molecule has 2 aromatic carbocycles. The highest BCUT2D eigenvalue weighted by molar-refractivity contribution is 6.33. The van der Waals surface area contributed by atoms with Gasteiger partial charge in [0.15, 0.2) is 11.5 Å². The number of carbonyl (C=O) groups excluding carboxylic acids is 1. The highest BCUT2D eigenvalue weighted by Crippen LogP contribution is 2.27. The topological polar surface area (TPSA) is 47.6 Å². The molecule has 0 aliphatic carbocycles. The molecule has 1 amide bonds. The summed E-state index contributed by atoms with van der Waals surface area (Å²) >= 11 is 5.99. The Labute approximate surface area is 128 Å². The summed E-state index contributed by atoms with van der Waals surface area (Å²) in [5, 5.41) is 3.26. The van der Waals surface area contributed by atoms with E-state index in [0.29, 0.717) is 28.6 Å².